The van der Waals surface area contributed by atoms with Gasteiger partial charge in [0, 0.05) is 5.69 Å². The summed E-state index contributed by atoms with van der Waals surface area (Å²) in [7, 11) is 0. The molecule has 0 amide bonds. The number of hydrogen-bond donors (Lipinski definition) is 2. The van der Waals surface area contributed by atoms with Crippen molar-refractivity contribution in [3.63, 3.8) is 0 Å². The minimum Gasteiger partial charge on any atom is -0.342 e. The highest BCUT2D eigenvalue weighted by Gasteiger charge is 2.01. The van der Waals surface area contributed by atoms with Crippen molar-refractivity contribution in [2.45, 2.75) is 6.92 Å². The molecule has 2 heterocycles. The van der Waals surface area contributed by atoms with Gasteiger partial charge in [-0.3, -0.25) is 0 Å². The molecule has 5 nitrogen and oxygen atoms in total. The Morgan fingerprint density at radius 1 is 1.12 bits per heavy atom. The molecule has 5 heteroatoms. The van der Waals surface area contributed by atoms with Gasteiger partial charge in [0.1, 0.15) is 5.52 Å². The smallest absolute Gasteiger partial charge is 0.229 e. The number of benzene rings is 1. The standard InChI is InChI=1S/C12H11N5/c1-8-2-4-9(5-3-8)16-12-13-6-10-11(17-12)15-7-14-10/h2-7H,1H3,(H2,13,14,15,16,17). The monoisotopic (exact) mass is 225 g/mol. The Kier molecular flexibility index (Phi) is 2.22. The summed E-state index contributed by atoms with van der Waals surface area (Å²) < 4.78 is 0. The van der Waals surface area contributed by atoms with Crippen molar-refractivity contribution in [3.8, 4) is 0 Å². The molecule has 84 valence electrons. The minimum atomic E-state index is 0.549. The Balaban J connectivity index is 1.91. The molecule has 0 saturated heterocycles. The summed E-state index contributed by atoms with van der Waals surface area (Å²) in [5.74, 6) is 0.549. The molecule has 0 atom stereocenters. The largest absolute Gasteiger partial charge is 0.342 e. The number of aryl methyl sites for hydroxylation is 1. The lowest BCUT2D eigenvalue weighted by Crippen LogP contribution is -1.96. The number of aromatic nitrogens is 4. The van der Waals surface area contributed by atoms with Crippen molar-refractivity contribution < 1.29 is 0 Å². The van der Waals surface area contributed by atoms with Crippen molar-refractivity contribution in [1.29, 1.82) is 0 Å². The Hall–Kier alpha value is -2.43. The van der Waals surface area contributed by atoms with E-state index in [-0.39, 0.29) is 0 Å². The molecule has 3 rings (SSSR count). The molecule has 0 spiro atoms. The number of aromatic amines is 1. The number of H-pyrrole nitrogens is 1. The molecule has 3 aromatic rings. The van der Waals surface area contributed by atoms with Crippen LogP contribution in [-0.4, -0.2) is 19.9 Å². The molecule has 0 aliphatic carbocycles. The molecular weight excluding hydrogens is 214 g/mol. The van der Waals surface area contributed by atoms with Gasteiger partial charge < -0.3 is 10.3 Å². The van der Waals surface area contributed by atoms with Crippen LogP contribution in [0.5, 0.6) is 0 Å². The van der Waals surface area contributed by atoms with Crippen LogP contribution in [0.25, 0.3) is 11.2 Å². The fourth-order valence-corrected chi connectivity index (χ4v) is 1.56. The summed E-state index contributed by atoms with van der Waals surface area (Å²) in [6.07, 6.45) is 3.32. The number of fused-ring (bicyclic) bond motifs is 1. The molecule has 1 aromatic carbocycles. The average Bonchev–Trinajstić information content (AvgIpc) is 2.79. The van der Waals surface area contributed by atoms with Crippen molar-refractivity contribution in [2.75, 3.05) is 5.32 Å². The second-order valence-corrected chi connectivity index (χ2v) is 3.82. The van der Waals surface area contributed by atoms with Crippen LogP contribution < -0.4 is 5.32 Å². The van der Waals surface area contributed by atoms with Crippen LogP contribution in [0.15, 0.2) is 36.8 Å². The zero-order valence-corrected chi connectivity index (χ0v) is 9.31. The lowest BCUT2D eigenvalue weighted by molar-refractivity contribution is 1.19. The van der Waals surface area contributed by atoms with E-state index in [1.54, 1.807) is 12.5 Å². The predicted molar refractivity (Wildman–Crippen MR) is 66.1 cm³/mol. The molecule has 0 radical (unpaired) electrons. The van der Waals surface area contributed by atoms with Gasteiger partial charge in [-0.1, -0.05) is 17.7 Å². The minimum absolute atomic E-state index is 0.549. The van der Waals surface area contributed by atoms with Gasteiger partial charge in [-0.05, 0) is 19.1 Å². The van der Waals surface area contributed by atoms with E-state index in [0.29, 0.717) is 11.6 Å². The van der Waals surface area contributed by atoms with E-state index < -0.39 is 0 Å². The molecular formula is C12H11N5. The second-order valence-electron chi connectivity index (χ2n) is 3.82. The normalized spacial score (nSPS) is 10.6. The summed E-state index contributed by atoms with van der Waals surface area (Å²) in [5, 5.41) is 3.14. The fourth-order valence-electron chi connectivity index (χ4n) is 1.56. The number of hydrogen-bond acceptors (Lipinski definition) is 4. The first-order chi connectivity index (χ1) is 8.31. The first-order valence-electron chi connectivity index (χ1n) is 5.31. The highest BCUT2D eigenvalue weighted by Crippen LogP contribution is 2.14. The summed E-state index contributed by atoms with van der Waals surface area (Å²) in [6.45, 7) is 2.05. The average molecular weight is 225 g/mol. The van der Waals surface area contributed by atoms with Gasteiger partial charge in [-0.15, -0.1) is 0 Å². The van der Waals surface area contributed by atoms with E-state index >= 15 is 0 Å². The Morgan fingerprint density at radius 2 is 1.94 bits per heavy atom. The number of anilines is 2. The first kappa shape index (κ1) is 9.77. The van der Waals surface area contributed by atoms with Crippen LogP contribution in [-0.2, 0) is 0 Å². The summed E-state index contributed by atoms with van der Waals surface area (Å²) in [6, 6.07) is 8.06. The van der Waals surface area contributed by atoms with Gasteiger partial charge in [0.2, 0.25) is 5.95 Å². The van der Waals surface area contributed by atoms with Crippen LogP contribution in [0.3, 0.4) is 0 Å². The first-order valence-corrected chi connectivity index (χ1v) is 5.31. The zero-order chi connectivity index (χ0) is 11.7. The molecule has 2 aromatic heterocycles. The van der Waals surface area contributed by atoms with Crippen LogP contribution in [0.4, 0.5) is 11.6 Å². The van der Waals surface area contributed by atoms with Crippen LogP contribution >= 0.6 is 0 Å². The Morgan fingerprint density at radius 3 is 2.76 bits per heavy atom. The van der Waals surface area contributed by atoms with Crippen LogP contribution in [0, 0.1) is 6.92 Å². The SMILES string of the molecule is Cc1ccc(Nc2ncc3[nH]cnc3n2)cc1. The Labute approximate surface area is 98.0 Å². The highest BCUT2D eigenvalue weighted by molar-refractivity contribution is 5.70. The molecule has 0 unspecified atom stereocenters. The van der Waals surface area contributed by atoms with E-state index in [1.807, 2.05) is 24.3 Å². The molecule has 0 aliphatic heterocycles. The molecule has 17 heavy (non-hydrogen) atoms. The lowest BCUT2D eigenvalue weighted by Gasteiger charge is -2.04. The van der Waals surface area contributed by atoms with Gasteiger partial charge in [-0.2, -0.15) is 4.98 Å². The van der Waals surface area contributed by atoms with Gasteiger partial charge in [0.25, 0.3) is 0 Å². The van der Waals surface area contributed by atoms with Crippen LogP contribution in [0.2, 0.25) is 0 Å². The predicted octanol–water partition coefficient (Wildman–Crippen LogP) is 2.40. The maximum atomic E-state index is 4.29. The topological polar surface area (TPSA) is 66.5 Å². The van der Waals surface area contributed by atoms with Gasteiger partial charge in [0.15, 0.2) is 5.65 Å². The fraction of sp³-hybridized carbons (Fsp3) is 0.0833. The third kappa shape index (κ3) is 1.94. The number of imidazole rings is 1. The van der Waals surface area contributed by atoms with E-state index in [9.17, 15) is 0 Å². The number of nitrogens with zero attached hydrogens (tertiary/aromatic N) is 3. The molecule has 2 N–H and O–H groups in total. The molecule has 0 bridgehead atoms. The molecule has 0 saturated carbocycles. The summed E-state index contributed by atoms with van der Waals surface area (Å²) in [4.78, 5) is 15.5. The number of rotatable bonds is 2. The van der Waals surface area contributed by atoms with Gasteiger partial charge >= 0.3 is 0 Å². The third-order valence-electron chi connectivity index (χ3n) is 2.48. The van der Waals surface area contributed by atoms with Crippen LogP contribution in [0.1, 0.15) is 5.56 Å². The maximum Gasteiger partial charge on any atom is 0.229 e. The van der Waals surface area contributed by atoms with Crippen molar-refractivity contribution >= 4 is 22.8 Å². The zero-order valence-electron chi connectivity index (χ0n) is 9.31. The van der Waals surface area contributed by atoms with Crippen molar-refractivity contribution in [3.05, 3.63) is 42.4 Å². The highest BCUT2D eigenvalue weighted by atomic mass is 15.1. The molecule has 0 aliphatic rings. The quantitative estimate of drug-likeness (QED) is 0.702. The van der Waals surface area contributed by atoms with Crippen molar-refractivity contribution in [2.24, 2.45) is 0 Å². The van der Waals surface area contributed by atoms with Gasteiger partial charge in [0.05, 0.1) is 12.5 Å². The molecule has 0 fully saturated rings. The third-order valence-corrected chi connectivity index (χ3v) is 2.48. The summed E-state index contributed by atoms with van der Waals surface area (Å²) in [5.41, 5.74) is 3.68. The second kappa shape index (κ2) is 3.86. The summed E-state index contributed by atoms with van der Waals surface area (Å²) >= 11 is 0. The van der Waals surface area contributed by atoms with E-state index in [1.165, 1.54) is 5.56 Å². The van der Waals surface area contributed by atoms with E-state index in [0.717, 1.165) is 11.2 Å². The maximum absolute atomic E-state index is 4.29. The Bertz CT molecular complexity index is 641. The van der Waals surface area contributed by atoms with E-state index in [4.69, 9.17) is 0 Å². The lowest BCUT2D eigenvalue weighted by atomic mass is 10.2. The van der Waals surface area contributed by atoms with E-state index in [2.05, 4.69) is 32.2 Å². The van der Waals surface area contributed by atoms with Crippen molar-refractivity contribution in [1.82, 2.24) is 19.9 Å². The number of nitrogens with one attached hydrogen (secondary N) is 2. The van der Waals surface area contributed by atoms with Gasteiger partial charge in [-0.25, -0.2) is 9.97 Å².